The summed E-state index contributed by atoms with van der Waals surface area (Å²) >= 11 is 0. The number of hydrogen-bond donors (Lipinski definition) is 1. The molecule has 1 N–H and O–H groups in total. The molecule has 2 amide bonds. The molecular weight excluding hydrogens is 319 g/mol. The molecule has 0 aliphatic heterocycles. The van der Waals surface area contributed by atoms with Crippen LogP contribution in [0.2, 0.25) is 0 Å². The van der Waals surface area contributed by atoms with Crippen molar-refractivity contribution in [2.75, 3.05) is 18.0 Å². The lowest BCUT2D eigenvalue weighted by Gasteiger charge is -2.23. The van der Waals surface area contributed by atoms with Crippen LogP contribution in [0.15, 0.2) is 42.5 Å². The molecule has 5 heteroatoms. The average molecular weight is 342 g/mol. The Labute approximate surface area is 147 Å². The van der Waals surface area contributed by atoms with Crippen molar-refractivity contribution in [1.82, 2.24) is 5.32 Å². The van der Waals surface area contributed by atoms with E-state index in [0.29, 0.717) is 18.5 Å². The van der Waals surface area contributed by atoms with Crippen molar-refractivity contribution in [2.45, 2.75) is 27.2 Å². The molecule has 132 valence electrons. The predicted molar refractivity (Wildman–Crippen MR) is 97.1 cm³/mol. The minimum absolute atomic E-state index is 0.0586. The number of anilines is 1. The van der Waals surface area contributed by atoms with E-state index >= 15 is 0 Å². The average Bonchev–Trinajstić information content (AvgIpc) is 2.56. The van der Waals surface area contributed by atoms with E-state index in [1.54, 1.807) is 18.2 Å². The van der Waals surface area contributed by atoms with Crippen LogP contribution in [0.1, 0.15) is 23.6 Å². The van der Waals surface area contributed by atoms with Crippen LogP contribution < -0.4 is 10.2 Å². The molecule has 0 spiro atoms. The van der Waals surface area contributed by atoms with Gasteiger partial charge in [-0.05, 0) is 49.1 Å². The van der Waals surface area contributed by atoms with E-state index in [-0.39, 0.29) is 24.2 Å². The maximum atomic E-state index is 13.6. The van der Waals surface area contributed by atoms with Gasteiger partial charge in [0, 0.05) is 19.2 Å². The van der Waals surface area contributed by atoms with E-state index in [2.05, 4.69) is 5.32 Å². The number of nitrogens with zero attached hydrogens (tertiary/aromatic N) is 1. The summed E-state index contributed by atoms with van der Waals surface area (Å²) in [5.41, 5.74) is 3.24. The summed E-state index contributed by atoms with van der Waals surface area (Å²) in [7, 11) is 0. The standard InChI is InChI=1S/C20H23FN2O2/c1-14-8-9-15(2)19(12-14)23(16(3)24)13-20(25)22-11-10-17-6-4-5-7-18(17)21/h4-9,12H,10-11,13H2,1-3H3,(H,22,25). The SMILES string of the molecule is CC(=O)N(CC(=O)NCCc1ccccc1F)c1cc(C)ccc1C. The number of hydrogen-bond acceptors (Lipinski definition) is 2. The summed E-state index contributed by atoms with van der Waals surface area (Å²) in [4.78, 5) is 25.6. The molecule has 0 aliphatic rings. The Morgan fingerprint density at radius 3 is 2.52 bits per heavy atom. The van der Waals surface area contributed by atoms with Crippen LogP contribution in [0, 0.1) is 19.7 Å². The first-order valence-electron chi connectivity index (χ1n) is 8.24. The molecule has 0 saturated carbocycles. The van der Waals surface area contributed by atoms with Gasteiger partial charge in [0.2, 0.25) is 11.8 Å². The molecule has 0 saturated heterocycles. The van der Waals surface area contributed by atoms with Crippen molar-refractivity contribution in [3.63, 3.8) is 0 Å². The molecule has 0 atom stereocenters. The maximum Gasteiger partial charge on any atom is 0.240 e. The van der Waals surface area contributed by atoms with E-state index in [9.17, 15) is 14.0 Å². The third-order valence-electron chi connectivity index (χ3n) is 4.01. The summed E-state index contributed by atoms with van der Waals surface area (Å²) in [6.07, 6.45) is 0.405. The van der Waals surface area contributed by atoms with Gasteiger partial charge in [-0.3, -0.25) is 9.59 Å². The number of benzene rings is 2. The van der Waals surface area contributed by atoms with Crippen LogP contribution in [0.25, 0.3) is 0 Å². The first kappa shape index (κ1) is 18.6. The Kier molecular flexibility index (Phi) is 6.28. The minimum atomic E-state index is -0.280. The predicted octanol–water partition coefficient (Wildman–Crippen LogP) is 3.15. The lowest BCUT2D eigenvalue weighted by atomic mass is 10.1. The van der Waals surface area contributed by atoms with Crippen molar-refractivity contribution in [3.05, 3.63) is 65.0 Å². The van der Waals surface area contributed by atoms with Crippen LogP contribution in [0.3, 0.4) is 0 Å². The quantitative estimate of drug-likeness (QED) is 0.877. The Balaban J connectivity index is 1.98. The topological polar surface area (TPSA) is 49.4 Å². The highest BCUT2D eigenvalue weighted by Crippen LogP contribution is 2.21. The van der Waals surface area contributed by atoms with E-state index in [0.717, 1.165) is 16.8 Å². The van der Waals surface area contributed by atoms with Gasteiger partial charge in [0.25, 0.3) is 0 Å². The van der Waals surface area contributed by atoms with Crippen molar-refractivity contribution >= 4 is 17.5 Å². The van der Waals surface area contributed by atoms with E-state index in [1.165, 1.54) is 17.9 Å². The highest BCUT2D eigenvalue weighted by molar-refractivity contribution is 5.98. The fourth-order valence-corrected chi connectivity index (χ4v) is 2.61. The zero-order chi connectivity index (χ0) is 18.4. The molecular formula is C20H23FN2O2. The van der Waals surface area contributed by atoms with Gasteiger partial charge >= 0.3 is 0 Å². The van der Waals surface area contributed by atoms with Crippen LogP contribution in [0.5, 0.6) is 0 Å². The minimum Gasteiger partial charge on any atom is -0.354 e. The second kappa shape index (κ2) is 8.42. The zero-order valence-electron chi connectivity index (χ0n) is 14.8. The molecule has 4 nitrogen and oxygen atoms in total. The Bertz CT molecular complexity index is 774. The number of carbonyl (C=O) groups is 2. The molecule has 0 aromatic heterocycles. The number of rotatable bonds is 6. The Morgan fingerprint density at radius 2 is 1.84 bits per heavy atom. The van der Waals surface area contributed by atoms with Gasteiger partial charge < -0.3 is 10.2 Å². The molecule has 0 bridgehead atoms. The molecule has 25 heavy (non-hydrogen) atoms. The van der Waals surface area contributed by atoms with Gasteiger partial charge in [-0.1, -0.05) is 30.3 Å². The van der Waals surface area contributed by atoms with Gasteiger partial charge in [-0.15, -0.1) is 0 Å². The van der Waals surface area contributed by atoms with Crippen LogP contribution >= 0.6 is 0 Å². The molecule has 0 radical (unpaired) electrons. The largest absolute Gasteiger partial charge is 0.354 e. The third kappa shape index (κ3) is 5.14. The van der Waals surface area contributed by atoms with Gasteiger partial charge in [0.15, 0.2) is 0 Å². The highest BCUT2D eigenvalue weighted by atomic mass is 19.1. The van der Waals surface area contributed by atoms with E-state index < -0.39 is 0 Å². The van der Waals surface area contributed by atoms with Gasteiger partial charge in [-0.25, -0.2) is 4.39 Å². The van der Waals surface area contributed by atoms with Crippen molar-refractivity contribution in [2.24, 2.45) is 0 Å². The molecule has 0 fully saturated rings. The summed E-state index contributed by atoms with van der Waals surface area (Å²) < 4.78 is 13.6. The second-order valence-corrected chi connectivity index (χ2v) is 6.09. The lowest BCUT2D eigenvalue weighted by Crippen LogP contribution is -2.40. The lowest BCUT2D eigenvalue weighted by molar-refractivity contribution is -0.123. The van der Waals surface area contributed by atoms with E-state index in [4.69, 9.17) is 0 Å². The molecule has 0 aliphatic carbocycles. The number of nitrogens with one attached hydrogen (secondary N) is 1. The Hall–Kier alpha value is -2.69. The fraction of sp³-hybridized carbons (Fsp3) is 0.300. The maximum absolute atomic E-state index is 13.6. The fourth-order valence-electron chi connectivity index (χ4n) is 2.61. The summed E-state index contributed by atoms with van der Waals surface area (Å²) in [5, 5.41) is 2.75. The van der Waals surface area contributed by atoms with Crippen LogP contribution in [-0.4, -0.2) is 24.9 Å². The third-order valence-corrected chi connectivity index (χ3v) is 4.01. The molecule has 2 rings (SSSR count). The molecule has 0 unspecified atom stereocenters. The second-order valence-electron chi connectivity index (χ2n) is 6.09. The number of halogens is 1. The first-order chi connectivity index (χ1) is 11.9. The van der Waals surface area contributed by atoms with Crippen molar-refractivity contribution in [3.8, 4) is 0 Å². The number of aryl methyl sites for hydroxylation is 2. The van der Waals surface area contributed by atoms with Crippen molar-refractivity contribution < 1.29 is 14.0 Å². The summed E-state index contributed by atoms with van der Waals surface area (Å²) in [6, 6.07) is 12.3. The molecule has 0 heterocycles. The monoisotopic (exact) mass is 342 g/mol. The normalized spacial score (nSPS) is 10.4. The first-order valence-corrected chi connectivity index (χ1v) is 8.24. The molecule has 2 aromatic carbocycles. The van der Waals surface area contributed by atoms with Crippen LogP contribution in [0.4, 0.5) is 10.1 Å². The van der Waals surface area contributed by atoms with E-state index in [1.807, 2.05) is 32.0 Å². The summed E-state index contributed by atoms with van der Waals surface area (Å²) in [5.74, 6) is -0.747. The Morgan fingerprint density at radius 1 is 1.12 bits per heavy atom. The van der Waals surface area contributed by atoms with Gasteiger partial charge in [0.05, 0.1) is 0 Å². The number of amides is 2. The summed E-state index contributed by atoms with van der Waals surface area (Å²) in [6.45, 7) is 5.54. The smallest absolute Gasteiger partial charge is 0.240 e. The number of carbonyl (C=O) groups excluding carboxylic acids is 2. The molecule has 2 aromatic rings. The van der Waals surface area contributed by atoms with Crippen LogP contribution in [-0.2, 0) is 16.0 Å². The van der Waals surface area contributed by atoms with Gasteiger partial charge in [-0.2, -0.15) is 0 Å². The van der Waals surface area contributed by atoms with Crippen molar-refractivity contribution in [1.29, 1.82) is 0 Å². The highest BCUT2D eigenvalue weighted by Gasteiger charge is 2.17. The zero-order valence-corrected chi connectivity index (χ0v) is 14.8. The van der Waals surface area contributed by atoms with Gasteiger partial charge in [0.1, 0.15) is 12.4 Å².